The minimum atomic E-state index is 0.152. The summed E-state index contributed by atoms with van der Waals surface area (Å²) in [4.78, 5) is 15.1. The minimum absolute atomic E-state index is 0.152. The van der Waals surface area contributed by atoms with Crippen LogP contribution in [0.15, 0.2) is 12.7 Å². The molecule has 6 nitrogen and oxygen atoms in total. The highest BCUT2D eigenvalue weighted by Crippen LogP contribution is 2.38. The maximum Gasteiger partial charge on any atom is 0.252 e. The van der Waals surface area contributed by atoms with Crippen LogP contribution in [0.4, 0.5) is 0 Å². The van der Waals surface area contributed by atoms with Crippen LogP contribution in [0.2, 0.25) is 0 Å². The molecular formula is C14H12N6S. The van der Waals surface area contributed by atoms with Gasteiger partial charge in [0.25, 0.3) is 5.82 Å². The van der Waals surface area contributed by atoms with Gasteiger partial charge in [0.15, 0.2) is 5.82 Å². The van der Waals surface area contributed by atoms with E-state index >= 15 is 0 Å². The summed E-state index contributed by atoms with van der Waals surface area (Å²) in [5.74, 6) is 1.60. The molecule has 1 unspecified atom stereocenters. The van der Waals surface area contributed by atoms with E-state index in [0.29, 0.717) is 0 Å². The molecule has 7 heteroatoms. The summed E-state index contributed by atoms with van der Waals surface area (Å²) in [6.07, 6.45) is 6.44. The highest BCUT2D eigenvalue weighted by molar-refractivity contribution is 7.18. The maximum absolute atomic E-state index is 8.87. The molecule has 0 aromatic carbocycles. The highest BCUT2D eigenvalue weighted by atomic mass is 32.1. The predicted molar refractivity (Wildman–Crippen MR) is 78.2 cm³/mol. The Morgan fingerprint density at radius 1 is 1.38 bits per heavy atom. The summed E-state index contributed by atoms with van der Waals surface area (Å²) in [5, 5.41) is 14.1. The first-order valence-corrected chi connectivity index (χ1v) is 7.65. The standard InChI is InChI=1S/C14H12N6S/c1-8-2-3-9-10(4-8)21-14-12(9)13(16-6-17-14)20-7-18-11(5-15)19-20/h6-8H,2-4H2,1H3. The van der Waals surface area contributed by atoms with Crippen LogP contribution in [-0.4, -0.2) is 24.7 Å². The Hall–Kier alpha value is -2.33. The summed E-state index contributed by atoms with van der Waals surface area (Å²) in [7, 11) is 0. The van der Waals surface area contributed by atoms with Crippen molar-refractivity contribution in [3.63, 3.8) is 0 Å². The Balaban J connectivity index is 1.96. The van der Waals surface area contributed by atoms with Crippen molar-refractivity contribution in [3.8, 4) is 11.9 Å². The molecule has 3 heterocycles. The molecule has 0 radical (unpaired) electrons. The van der Waals surface area contributed by atoms with E-state index in [9.17, 15) is 0 Å². The van der Waals surface area contributed by atoms with Gasteiger partial charge in [-0.3, -0.25) is 0 Å². The van der Waals surface area contributed by atoms with Gasteiger partial charge in [-0.15, -0.1) is 16.4 Å². The van der Waals surface area contributed by atoms with Crippen LogP contribution in [0.25, 0.3) is 16.0 Å². The summed E-state index contributed by atoms with van der Waals surface area (Å²) in [5.41, 5.74) is 1.35. The Morgan fingerprint density at radius 2 is 2.29 bits per heavy atom. The van der Waals surface area contributed by atoms with Gasteiger partial charge in [0.2, 0.25) is 0 Å². The molecule has 0 saturated heterocycles. The Labute approximate surface area is 125 Å². The van der Waals surface area contributed by atoms with Gasteiger partial charge in [0, 0.05) is 4.88 Å². The fraction of sp³-hybridized carbons (Fsp3) is 0.357. The molecule has 0 amide bonds. The molecule has 104 valence electrons. The first-order valence-electron chi connectivity index (χ1n) is 6.83. The molecule has 1 aliphatic carbocycles. The minimum Gasteiger partial charge on any atom is -0.225 e. The quantitative estimate of drug-likeness (QED) is 0.688. The Bertz CT molecular complexity index is 871. The third-order valence-electron chi connectivity index (χ3n) is 3.88. The Morgan fingerprint density at radius 3 is 3.10 bits per heavy atom. The number of nitriles is 1. The van der Waals surface area contributed by atoms with Gasteiger partial charge >= 0.3 is 0 Å². The molecule has 0 saturated carbocycles. The predicted octanol–water partition coefficient (Wildman–Crippen LogP) is 2.27. The van der Waals surface area contributed by atoms with Gasteiger partial charge in [-0.1, -0.05) is 6.92 Å². The van der Waals surface area contributed by atoms with Crippen molar-refractivity contribution >= 4 is 21.6 Å². The molecule has 21 heavy (non-hydrogen) atoms. The highest BCUT2D eigenvalue weighted by Gasteiger charge is 2.23. The molecule has 0 N–H and O–H groups in total. The molecule has 0 fully saturated rings. The average Bonchev–Trinajstić information content (AvgIpc) is 3.10. The summed E-state index contributed by atoms with van der Waals surface area (Å²) >= 11 is 1.75. The van der Waals surface area contributed by atoms with Crippen molar-refractivity contribution in [1.82, 2.24) is 24.7 Å². The van der Waals surface area contributed by atoms with Gasteiger partial charge in [0.05, 0.1) is 5.39 Å². The number of hydrogen-bond donors (Lipinski definition) is 0. The van der Waals surface area contributed by atoms with Crippen molar-refractivity contribution in [2.24, 2.45) is 5.92 Å². The zero-order chi connectivity index (χ0) is 14.4. The largest absolute Gasteiger partial charge is 0.252 e. The van der Waals surface area contributed by atoms with Crippen LogP contribution < -0.4 is 0 Å². The van der Waals surface area contributed by atoms with Crippen molar-refractivity contribution < 1.29 is 0 Å². The van der Waals surface area contributed by atoms with Gasteiger partial charge in [-0.2, -0.15) is 5.26 Å². The van der Waals surface area contributed by atoms with Crippen LogP contribution in [0, 0.1) is 17.2 Å². The van der Waals surface area contributed by atoms with E-state index in [1.165, 1.54) is 23.2 Å². The lowest BCUT2D eigenvalue weighted by Gasteiger charge is -2.18. The monoisotopic (exact) mass is 296 g/mol. The molecule has 0 bridgehead atoms. The van der Waals surface area contributed by atoms with Gasteiger partial charge < -0.3 is 0 Å². The first kappa shape index (κ1) is 12.4. The number of fused-ring (bicyclic) bond motifs is 3. The smallest absolute Gasteiger partial charge is 0.225 e. The Kier molecular flexibility index (Phi) is 2.72. The lowest BCUT2D eigenvalue weighted by molar-refractivity contribution is 0.509. The summed E-state index contributed by atoms with van der Waals surface area (Å²) < 4.78 is 1.58. The van der Waals surface area contributed by atoms with Crippen LogP contribution in [0.5, 0.6) is 0 Å². The fourth-order valence-corrected chi connectivity index (χ4v) is 4.19. The number of aromatic nitrogens is 5. The molecule has 1 aliphatic rings. The molecule has 3 aromatic rings. The number of nitrogens with zero attached hydrogens (tertiary/aromatic N) is 6. The second kappa shape index (κ2) is 4.60. The normalized spacial score (nSPS) is 17.6. The third-order valence-corrected chi connectivity index (χ3v) is 5.04. The van der Waals surface area contributed by atoms with Crippen molar-refractivity contribution in [3.05, 3.63) is 28.9 Å². The zero-order valence-corrected chi connectivity index (χ0v) is 12.3. The molecule has 0 spiro atoms. The van der Waals surface area contributed by atoms with Crippen LogP contribution in [0.1, 0.15) is 29.6 Å². The van der Waals surface area contributed by atoms with Crippen molar-refractivity contribution in [1.29, 1.82) is 5.26 Å². The fourth-order valence-electron chi connectivity index (χ4n) is 2.85. The molecular weight excluding hydrogens is 284 g/mol. The van der Waals surface area contributed by atoms with E-state index in [-0.39, 0.29) is 5.82 Å². The number of aryl methyl sites for hydroxylation is 1. The van der Waals surface area contributed by atoms with Gasteiger partial charge in [-0.25, -0.2) is 19.6 Å². The van der Waals surface area contributed by atoms with E-state index in [4.69, 9.17) is 5.26 Å². The molecule has 4 rings (SSSR count). The lowest BCUT2D eigenvalue weighted by Crippen LogP contribution is -2.09. The first-order chi connectivity index (χ1) is 10.3. The SMILES string of the molecule is CC1CCc2c(sc3ncnc(-n4cnc(C#N)n4)c23)C1. The number of rotatable bonds is 1. The summed E-state index contributed by atoms with van der Waals surface area (Å²) in [6.45, 7) is 2.29. The van der Waals surface area contributed by atoms with Gasteiger partial charge in [-0.05, 0) is 30.7 Å². The molecule has 1 atom stereocenters. The molecule has 0 aliphatic heterocycles. The van der Waals surface area contributed by atoms with E-state index in [1.807, 2.05) is 6.07 Å². The lowest BCUT2D eigenvalue weighted by atomic mass is 9.89. The summed E-state index contributed by atoms with van der Waals surface area (Å²) in [6, 6.07) is 1.94. The average molecular weight is 296 g/mol. The number of hydrogen-bond acceptors (Lipinski definition) is 6. The number of thiophene rings is 1. The second-order valence-corrected chi connectivity index (χ2v) is 6.44. The third kappa shape index (κ3) is 1.91. The molecule has 3 aromatic heterocycles. The van der Waals surface area contributed by atoms with Crippen LogP contribution >= 0.6 is 11.3 Å². The van der Waals surface area contributed by atoms with Crippen LogP contribution in [0.3, 0.4) is 0 Å². The second-order valence-electron chi connectivity index (χ2n) is 5.35. The maximum atomic E-state index is 8.87. The van der Waals surface area contributed by atoms with Gasteiger partial charge in [0.1, 0.15) is 23.6 Å². The van der Waals surface area contributed by atoms with Crippen molar-refractivity contribution in [2.75, 3.05) is 0 Å². The zero-order valence-electron chi connectivity index (χ0n) is 11.4. The topological polar surface area (TPSA) is 80.3 Å². The van der Waals surface area contributed by atoms with E-state index in [0.717, 1.165) is 34.8 Å². The van der Waals surface area contributed by atoms with E-state index < -0.39 is 0 Å². The van der Waals surface area contributed by atoms with E-state index in [2.05, 4.69) is 27.0 Å². The van der Waals surface area contributed by atoms with E-state index in [1.54, 1.807) is 22.3 Å². The van der Waals surface area contributed by atoms with Crippen LogP contribution in [-0.2, 0) is 12.8 Å². The van der Waals surface area contributed by atoms with Crippen molar-refractivity contribution in [2.45, 2.75) is 26.2 Å².